The lowest BCUT2D eigenvalue weighted by molar-refractivity contribution is -0.121. The maximum Gasteiger partial charge on any atom is 0.151 e. The Kier molecular flexibility index (Phi) is 2.89. The molecule has 0 radical (unpaired) electrons. The van der Waals surface area contributed by atoms with Gasteiger partial charge in [0.1, 0.15) is 5.84 Å². The lowest BCUT2D eigenvalue weighted by Gasteiger charge is -2.23. The van der Waals surface area contributed by atoms with Gasteiger partial charge in [-0.15, -0.1) is 0 Å². The highest BCUT2D eigenvalue weighted by Gasteiger charge is 2.52. The molecule has 0 bridgehead atoms. The molecule has 1 aliphatic heterocycles. The highest BCUT2D eigenvalue weighted by Crippen LogP contribution is 2.53. The number of ketones is 1. The van der Waals surface area contributed by atoms with Crippen molar-refractivity contribution in [2.75, 3.05) is 5.01 Å². The molecule has 0 amide bonds. The van der Waals surface area contributed by atoms with Gasteiger partial charge in [0.05, 0.1) is 11.6 Å². The lowest BCUT2D eigenvalue weighted by Crippen LogP contribution is -2.36. The number of amidine groups is 1. The van der Waals surface area contributed by atoms with Crippen molar-refractivity contribution in [2.24, 2.45) is 28.1 Å². The van der Waals surface area contributed by atoms with E-state index in [2.05, 4.69) is 18.9 Å². The summed E-state index contributed by atoms with van der Waals surface area (Å²) < 4.78 is 0. The third-order valence-electron chi connectivity index (χ3n) is 4.15. The van der Waals surface area contributed by atoms with Crippen molar-refractivity contribution < 1.29 is 4.79 Å². The molecule has 1 fully saturated rings. The predicted molar refractivity (Wildman–Crippen MR) is 80.1 cm³/mol. The predicted octanol–water partition coefficient (Wildman–Crippen LogP) is 2.52. The molecule has 2 aliphatic rings. The molecule has 3 rings (SSSR count). The van der Waals surface area contributed by atoms with Crippen LogP contribution < -0.4 is 10.7 Å². The summed E-state index contributed by atoms with van der Waals surface area (Å²) in [5.74, 6) is 0.320. The molecule has 1 aliphatic carbocycles. The number of nitrogens with zero attached hydrogens (tertiary/aromatic N) is 2. The molecule has 20 heavy (non-hydrogen) atoms. The van der Waals surface area contributed by atoms with Gasteiger partial charge in [-0.3, -0.25) is 4.79 Å². The number of hydrogen-bond acceptors (Lipinski definition) is 4. The Labute approximate surface area is 119 Å². The topological polar surface area (TPSA) is 58.7 Å². The van der Waals surface area contributed by atoms with Gasteiger partial charge in [0.25, 0.3) is 0 Å². The smallest absolute Gasteiger partial charge is 0.151 e. The number of anilines is 1. The molecule has 4 nitrogen and oxygen atoms in total. The molecule has 0 spiro atoms. The summed E-state index contributed by atoms with van der Waals surface area (Å²) in [7, 11) is 0. The van der Waals surface area contributed by atoms with Crippen LogP contribution in [0.15, 0.2) is 47.7 Å². The number of carbonyl (C=O) groups excluding carboxylic acids is 1. The Morgan fingerprint density at radius 2 is 2.00 bits per heavy atom. The van der Waals surface area contributed by atoms with Crippen LogP contribution >= 0.6 is 0 Å². The van der Waals surface area contributed by atoms with E-state index in [1.165, 1.54) is 0 Å². The molecule has 2 atom stereocenters. The number of nitrogens with two attached hydrogens (primary N) is 1. The van der Waals surface area contributed by atoms with Crippen molar-refractivity contribution in [3.05, 3.63) is 42.6 Å². The van der Waals surface area contributed by atoms with E-state index in [1.54, 1.807) is 5.01 Å². The van der Waals surface area contributed by atoms with E-state index in [0.29, 0.717) is 5.84 Å². The molecule has 1 aromatic rings. The van der Waals surface area contributed by atoms with Gasteiger partial charge in [-0.1, -0.05) is 32.0 Å². The fourth-order valence-corrected chi connectivity index (χ4v) is 2.62. The van der Waals surface area contributed by atoms with Gasteiger partial charge < -0.3 is 5.73 Å². The Balaban J connectivity index is 1.76. The highest BCUT2D eigenvalue weighted by molar-refractivity contribution is 6.08. The number of benzene rings is 1. The van der Waals surface area contributed by atoms with Crippen molar-refractivity contribution in [1.82, 2.24) is 0 Å². The Bertz CT molecular complexity index is 589. The average molecular weight is 269 g/mol. The maximum atomic E-state index is 12.4. The average Bonchev–Trinajstić information content (AvgIpc) is 3.08. The number of hydrazone groups is 1. The standard InChI is InChI=1S/C16H19N3O/c1-16(2)10-13(16)14(20)12-8-9-19(18-15(12)17)11-6-4-3-5-7-11/h3-9,12-13H,10H2,1-2H3,(H2,17,18). The molecular formula is C16H19N3O. The normalized spacial score (nSPS) is 27.1. The molecule has 1 aromatic carbocycles. The van der Waals surface area contributed by atoms with Crippen LogP contribution in [0.3, 0.4) is 0 Å². The van der Waals surface area contributed by atoms with Gasteiger partial charge >= 0.3 is 0 Å². The molecule has 0 saturated heterocycles. The molecule has 4 heteroatoms. The van der Waals surface area contributed by atoms with E-state index in [4.69, 9.17) is 5.73 Å². The van der Waals surface area contributed by atoms with Gasteiger partial charge in [-0.05, 0) is 30.0 Å². The van der Waals surface area contributed by atoms with Crippen LogP contribution in [-0.2, 0) is 4.79 Å². The number of carbonyl (C=O) groups is 1. The zero-order valence-electron chi connectivity index (χ0n) is 11.8. The summed E-state index contributed by atoms with van der Waals surface area (Å²) in [6.45, 7) is 4.23. The number of hydrogen-bond donors (Lipinski definition) is 1. The number of Topliss-reactive ketones (excluding diaryl/α,β-unsaturated/α-hetero) is 1. The zero-order valence-corrected chi connectivity index (χ0v) is 11.8. The van der Waals surface area contributed by atoms with Crippen LogP contribution in [0.4, 0.5) is 5.69 Å². The minimum Gasteiger partial charge on any atom is -0.385 e. The lowest BCUT2D eigenvalue weighted by atomic mass is 9.94. The van der Waals surface area contributed by atoms with Crippen LogP contribution in [0.2, 0.25) is 0 Å². The van der Waals surface area contributed by atoms with Gasteiger partial charge in [0.15, 0.2) is 5.78 Å². The fourth-order valence-electron chi connectivity index (χ4n) is 2.62. The van der Waals surface area contributed by atoms with E-state index in [-0.39, 0.29) is 23.0 Å². The van der Waals surface area contributed by atoms with Gasteiger partial charge in [-0.2, -0.15) is 5.10 Å². The number of rotatable bonds is 3. The van der Waals surface area contributed by atoms with Crippen molar-refractivity contribution in [3.63, 3.8) is 0 Å². The van der Waals surface area contributed by atoms with Gasteiger partial charge in [0.2, 0.25) is 0 Å². The summed E-state index contributed by atoms with van der Waals surface area (Å²) in [5.41, 5.74) is 7.06. The van der Waals surface area contributed by atoms with E-state index in [9.17, 15) is 4.79 Å². The first kappa shape index (κ1) is 12.9. The summed E-state index contributed by atoms with van der Waals surface area (Å²) in [6, 6.07) is 9.74. The third kappa shape index (κ3) is 2.22. The van der Waals surface area contributed by atoms with Crippen LogP contribution in [0.5, 0.6) is 0 Å². The van der Waals surface area contributed by atoms with Gasteiger partial charge in [0, 0.05) is 12.1 Å². The van der Waals surface area contributed by atoms with Crippen LogP contribution in [0, 0.1) is 17.3 Å². The van der Waals surface area contributed by atoms with Crippen molar-refractivity contribution in [1.29, 1.82) is 0 Å². The molecule has 0 aromatic heterocycles. The summed E-state index contributed by atoms with van der Waals surface area (Å²) >= 11 is 0. The van der Waals surface area contributed by atoms with Crippen LogP contribution in [0.1, 0.15) is 20.3 Å². The molecular weight excluding hydrogens is 250 g/mol. The first-order valence-corrected chi connectivity index (χ1v) is 6.89. The van der Waals surface area contributed by atoms with E-state index in [1.807, 2.05) is 42.6 Å². The Morgan fingerprint density at radius 3 is 2.55 bits per heavy atom. The Morgan fingerprint density at radius 1 is 1.35 bits per heavy atom. The zero-order chi connectivity index (χ0) is 14.3. The first-order chi connectivity index (χ1) is 9.49. The van der Waals surface area contributed by atoms with E-state index in [0.717, 1.165) is 12.1 Å². The molecule has 2 N–H and O–H groups in total. The summed E-state index contributed by atoms with van der Waals surface area (Å²) in [5, 5.41) is 6.04. The second kappa shape index (κ2) is 4.47. The fraction of sp³-hybridized carbons (Fsp3) is 0.375. The second-order valence-corrected chi connectivity index (χ2v) is 6.17. The third-order valence-corrected chi connectivity index (χ3v) is 4.15. The van der Waals surface area contributed by atoms with Crippen molar-refractivity contribution in [3.8, 4) is 0 Å². The summed E-state index contributed by atoms with van der Waals surface area (Å²) in [4.78, 5) is 12.4. The van der Waals surface area contributed by atoms with E-state index < -0.39 is 0 Å². The van der Waals surface area contributed by atoms with Crippen LogP contribution in [0.25, 0.3) is 0 Å². The van der Waals surface area contributed by atoms with Crippen molar-refractivity contribution >= 4 is 17.3 Å². The minimum absolute atomic E-state index is 0.120. The Hall–Kier alpha value is -2.10. The molecule has 1 heterocycles. The minimum atomic E-state index is -0.373. The van der Waals surface area contributed by atoms with Crippen molar-refractivity contribution in [2.45, 2.75) is 20.3 Å². The van der Waals surface area contributed by atoms with E-state index >= 15 is 0 Å². The number of para-hydroxylation sites is 1. The molecule has 104 valence electrons. The first-order valence-electron chi connectivity index (χ1n) is 6.89. The maximum absolute atomic E-state index is 12.4. The summed E-state index contributed by atoms with van der Waals surface area (Å²) in [6.07, 6.45) is 4.63. The SMILES string of the molecule is CC1(C)CC1C(=O)C1C=CN(c2ccccc2)N=C1N. The monoisotopic (exact) mass is 269 g/mol. The second-order valence-electron chi connectivity index (χ2n) is 6.17. The largest absolute Gasteiger partial charge is 0.385 e. The van der Waals surface area contributed by atoms with Gasteiger partial charge in [-0.25, -0.2) is 5.01 Å². The quantitative estimate of drug-likeness (QED) is 0.917. The molecule has 1 saturated carbocycles. The molecule has 2 unspecified atom stereocenters. The highest BCUT2D eigenvalue weighted by atomic mass is 16.1. The van der Waals surface area contributed by atoms with Crippen LogP contribution in [-0.4, -0.2) is 11.6 Å².